The number of benzene rings is 1. The van der Waals surface area contributed by atoms with Crippen LogP contribution in [-0.2, 0) is 4.79 Å². The van der Waals surface area contributed by atoms with Crippen molar-refractivity contribution in [1.29, 1.82) is 0 Å². The highest BCUT2D eigenvalue weighted by Crippen LogP contribution is 2.22. The SMILES string of the molecule is Cc1ccc(Cl)cc1NC(=O)CN1CCCCC1C(C)O. The minimum absolute atomic E-state index is 0.0621. The van der Waals surface area contributed by atoms with Gasteiger partial charge in [-0.15, -0.1) is 0 Å². The van der Waals surface area contributed by atoms with Crippen LogP contribution in [0.4, 0.5) is 5.69 Å². The average Bonchev–Trinajstić information content (AvgIpc) is 2.43. The van der Waals surface area contributed by atoms with Crippen molar-refractivity contribution >= 4 is 23.2 Å². The molecule has 0 aliphatic carbocycles. The first-order valence-corrected chi connectivity index (χ1v) is 7.83. The van der Waals surface area contributed by atoms with Gasteiger partial charge in [-0.3, -0.25) is 9.69 Å². The van der Waals surface area contributed by atoms with Crippen LogP contribution in [-0.4, -0.2) is 41.1 Å². The van der Waals surface area contributed by atoms with Gasteiger partial charge in [0.1, 0.15) is 0 Å². The van der Waals surface area contributed by atoms with Gasteiger partial charge < -0.3 is 10.4 Å². The van der Waals surface area contributed by atoms with E-state index in [1.807, 2.05) is 13.0 Å². The van der Waals surface area contributed by atoms with E-state index in [1.165, 1.54) is 0 Å². The minimum Gasteiger partial charge on any atom is -0.392 e. The van der Waals surface area contributed by atoms with Crippen molar-refractivity contribution in [3.63, 3.8) is 0 Å². The number of aryl methyl sites for hydroxylation is 1. The summed E-state index contributed by atoms with van der Waals surface area (Å²) in [7, 11) is 0. The molecule has 1 aliphatic rings. The Labute approximate surface area is 131 Å². The predicted molar refractivity (Wildman–Crippen MR) is 85.7 cm³/mol. The maximum atomic E-state index is 12.2. The third-order valence-electron chi connectivity index (χ3n) is 4.04. The number of hydrogen-bond donors (Lipinski definition) is 2. The van der Waals surface area contributed by atoms with Crippen LogP contribution >= 0.6 is 11.6 Å². The van der Waals surface area contributed by atoms with Crippen LogP contribution in [0.15, 0.2) is 18.2 Å². The van der Waals surface area contributed by atoms with E-state index in [4.69, 9.17) is 11.6 Å². The Hall–Kier alpha value is -1.10. The predicted octanol–water partition coefficient (Wildman–Crippen LogP) is 2.82. The lowest BCUT2D eigenvalue weighted by molar-refractivity contribution is -0.118. The molecule has 2 N–H and O–H groups in total. The van der Waals surface area contributed by atoms with E-state index in [9.17, 15) is 9.90 Å². The summed E-state index contributed by atoms with van der Waals surface area (Å²) >= 11 is 5.96. The molecule has 0 radical (unpaired) electrons. The lowest BCUT2D eigenvalue weighted by Gasteiger charge is -2.36. The number of likely N-dealkylation sites (tertiary alicyclic amines) is 1. The number of aliphatic hydroxyl groups is 1. The highest BCUT2D eigenvalue weighted by Gasteiger charge is 2.27. The van der Waals surface area contributed by atoms with Crippen LogP contribution < -0.4 is 5.32 Å². The Balaban J connectivity index is 1.98. The quantitative estimate of drug-likeness (QED) is 0.899. The van der Waals surface area contributed by atoms with Gasteiger partial charge in [0.2, 0.25) is 5.91 Å². The molecule has 2 atom stereocenters. The van der Waals surface area contributed by atoms with Crippen molar-refractivity contribution in [2.75, 3.05) is 18.4 Å². The fourth-order valence-electron chi connectivity index (χ4n) is 2.86. The smallest absolute Gasteiger partial charge is 0.238 e. The molecule has 0 spiro atoms. The Morgan fingerprint density at radius 3 is 3.00 bits per heavy atom. The van der Waals surface area contributed by atoms with E-state index in [2.05, 4.69) is 10.2 Å². The van der Waals surface area contributed by atoms with Gasteiger partial charge in [0.25, 0.3) is 0 Å². The van der Waals surface area contributed by atoms with Crippen LogP contribution in [0.2, 0.25) is 5.02 Å². The summed E-state index contributed by atoms with van der Waals surface area (Å²) in [5.74, 6) is -0.0621. The van der Waals surface area contributed by atoms with Gasteiger partial charge in [0.15, 0.2) is 0 Å². The molecule has 2 unspecified atom stereocenters. The number of carbonyl (C=O) groups is 1. The summed E-state index contributed by atoms with van der Waals surface area (Å²) in [4.78, 5) is 14.3. The number of rotatable bonds is 4. The zero-order chi connectivity index (χ0) is 15.4. The third-order valence-corrected chi connectivity index (χ3v) is 4.28. The zero-order valence-corrected chi connectivity index (χ0v) is 13.4. The Morgan fingerprint density at radius 2 is 2.29 bits per heavy atom. The number of amides is 1. The average molecular weight is 311 g/mol. The number of piperidine rings is 1. The van der Waals surface area contributed by atoms with Gasteiger partial charge in [-0.2, -0.15) is 0 Å². The summed E-state index contributed by atoms with van der Waals surface area (Å²) in [6.45, 7) is 4.90. The third kappa shape index (κ3) is 4.43. The second-order valence-corrected chi connectivity index (χ2v) is 6.22. The number of hydrogen-bond acceptors (Lipinski definition) is 3. The van der Waals surface area contributed by atoms with E-state index < -0.39 is 6.10 Å². The summed E-state index contributed by atoms with van der Waals surface area (Å²) in [6.07, 6.45) is 2.72. The molecule has 1 heterocycles. The second kappa shape index (κ2) is 7.25. The first kappa shape index (κ1) is 16.3. The number of nitrogens with one attached hydrogen (secondary N) is 1. The number of halogens is 1. The van der Waals surface area contributed by atoms with Gasteiger partial charge in [0, 0.05) is 16.8 Å². The lowest BCUT2D eigenvalue weighted by Crippen LogP contribution is -2.48. The lowest BCUT2D eigenvalue weighted by atomic mass is 9.98. The molecule has 0 saturated carbocycles. The van der Waals surface area contributed by atoms with Gasteiger partial charge in [-0.25, -0.2) is 0 Å². The first-order chi connectivity index (χ1) is 9.97. The molecule has 1 saturated heterocycles. The van der Waals surface area contributed by atoms with Gasteiger partial charge in [-0.05, 0) is 50.9 Å². The largest absolute Gasteiger partial charge is 0.392 e. The summed E-state index contributed by atoms with van der Waals surface area (Å²) in [6, 6.07) is 5.53. The van der Waals surface area contributed by atoms with Crippen molar-refractivity contribution in [3.05, 3.63) is 28.8 Å². The topological polar surface area (TPSA) is 52.6 Å². The standard InChI is InChI=1S/C16H23ClN2O2/c1-11-6-7-13(17)9-14(11)18-16(21)10-19-8-4-3-5-15(19)12(2)20/h6-7,9,12,15,20H,3-5,8,10H2,1-2H3,(H,18,21). The normalized spacial score (nSPS) is 21.0. The van der Waals surface area contributed by atoms with E-state index in [0.717, 1.165) is 37.1 Å². The molecule has 1 aliphatic heterocycles. The molecule has 1 aromatic rings. The van der Waals surface area contributed by atoms with Crippen LogP contribution in [0.5, 0.6) is 0 Å². The zero-order valence-electron chi connectivity index (χ0n) is 12.6. The Kier molecular flexibility index (Phi) is 5.62. The van der Waals surface area contributed by atoms with Crippen LogP contribution in [0, 0.1) is 6.92 Å². The van der Waals surface area contributed by atoms with Crippen LogP contribution in [0.1, 0.15) is 31.7 Å². The van der Waals surface area contributed by atoms with E-state index in [-0.39, 0.29) is 11.9 Å². The number of nitrogens with zero attached hydrogens (tertiary/aromatic N) is 1. The summed E-state index contributed by atoms with van der Waals surface area (Å²) in [5, 5.41) is 13.4. The first-order valence-electron chi connectivity index (χ1n) is 7.45. The maximum absolute atomic E-state index is 12.2. The molecule has 4 nitrogen and oxygen atoms in total. The highest BCUT2D eigenvalue weighted by atomic mass is 35.5. The molecule has 0 aromatic heterocycles. The molecule has 2 rings (SSSR count). The summed E-state index contributed by atoms with van der Waals surface area (Å²) < 4.78 is 0. The summed E-state index contributed by atoms with van der Waals surface area (Å²) in [5.41, 5.74) is 1.73. The van der Waals surface area contributed by atoms with Crippen LogP contribution in [0.3, 0.4) is 0 Å². The van der Waals surface area contributed by atoms with Crippen molar-refractivity contribution in [2.24, 2.45) is 0 Å². The molecule has 21 heavy (non-hydrogen) atoms. The number of carbonyl (C=O) groups excluding carboxylic acids is 1. The maximum Gasteiger partial charge on any atom is 0.238 e. The molecular weight excluding hydrogens is 288 g/mol. The number of aliphatic hydroxyl groups excluding tert-OH is 1. The van der Waals surface area contributed by atoms with Crippen LogP contribution in [0.25, 0.3) is 0 Å². The molecule has 0 bridgehead atoms. The van der Waals surface area contributed by atoms with Crippen molar-refractivity contribution in [1.82, 2.24) is 4.90 Å². The molecule has 1 fully saturated rings. The van der Waals surface area contributed by atoms with E-state index in [1.54, 1.807) is 19.1 Å². The van der Waals surface area contributed by atoms with Crippen molar-refractivity contribution in [2.45, 2.75) is 45.3 Å². The second-order valence-electron chi connectivity index (χ2n) is 5.78. The highest BCUT2D eigenvalue weighted by molar-refractivity contribution is 6.31. The van der Waals surface area contributed by atoms with Gasteiger partial charge >= 0.3 is 0 Å². The Bertz CT molecular complexity index is 505. The Morgan fingerprint density at radius 1 is 1.52 bits per heavy atom. The fourth-order valence-corrected chi connectivity index (χ4v) is 3.03. The molecule has 116 valence electrons. The van der Waals surface area contributed by atoms with Crippen molar-refractivity contribution < 1.29 is 9.90 Å². The molecular formula is C16H23ClN2O2. The molecule has 1 amide bonds. The number of anilines is 1. The van der Waals surface area contributed by atoms with Gasteiger partial charge in [0.05, 0.1) is 12.6 Å². The van der Waals surface area contributed by atoms with Gasteiger partial charge in [-0.1, -0.05) is 24.1 Å². The van der Waals surface area contributed by atoms with E-state index in [0.29, 0.717) is 11.6 Å². The fraction of sp³-hybridized carbons (Fsp3) is 0.562. The molecule has 1 aromatic carbocycles. The molecule has 5 heteroatoms. The van der Waals surface area contributed by atoms with Crippen molar-refractivity contribution in [3.8, 4) is 0 Å². The monoisotopic (exact) mass is 310 g/mol. The van der Waals surface area contributed by atoms with E-state index >= 15 is 0 Å². The minimum atomic E-state index is -0.411.